The smallest absolute Gasteiger partial charge is 0.148 e. The molecule has 0 saturated carbocycles. The zero-order valence-corrected chi connectivity index (χ0v) is 6.04. The average Bonchev–Trinajstić information content (AvgIpc) is 2.31. The van der Waals surface area contributed by atoms with Gasteiger partial charge in [0.15, 0.2) is 0 Å². The van der Waals surface area contributed by atoms with Crippen LogP contribution in [0, 0.1) is 0 Å². The fourth-order valence-corrected chi connectivity index (χ4v) is 0.710. The van der Waals surface area contributed by atoms with E-state index >= 15 is 0 Å². The summed E-state index contributed by atoms with van der Waals surface area (Å²) >= 11 is 0. The van der Waals surface area contributed by atoms with Gasteiger partial charge in [-0.3, -0.25) is 4.68 Å². The van der Waals surface area contributed by atoms with Crippen molar-refractivity contribution in [2.24, 2.45) is 12.8 Å². The lowest BCUT2D eigenvalue weighted by molar-refractivity contribution is 0.768. The zero-order valence-electron chi connectivity index (χ0n) is 6.04. The van der Waals surface area contributed by atoms with Crippen LogP contribution in [0.25, 0.3) is 0 Å². The van der Waals surface area contributed by atoms with Crippen LogP contribution in [0.1, 0.15) is 0 Å². The van der Waals surface area contributed by atoms with Gasteiger partial charge in [0.25, 0.3) is 0 Å². The lowest BCUT2D eigenvalue weighted by atomic mass is 10.6. The van der Waals surface area contributed by atoms with Crippen LogP contribution in [0.4, 0.5) is 5.82 Å². The van der Waals surface area contributed by atoms with Gasteiger partial charge in [0, 0.05) is 32.4 Å². The van der Waals surface area contributed by atoms with Crippen LogP contribution >= 0.6 is 0 Å². The number of rotatable bonds is 3. The summed E-state index contributed by atoms with van der Waals surface area (Å²) in [7, 11) is 1.88. The third-order valence-corrected chi connectivity index (χ3v) is 1.16. The molecule has 0 radical (unpaired) electrons. The molecule has 0 spiro atoms. The number of nitrogens with zero attached hydrogens (tertiary/aromatic N) is 2. The fourth-order valence-electron chi connectivity index (χ4n) is 0.710. The molecule has 10 heavy (non-hydrogen) atoms. The van der Waals surface area contributed by atoms with Crippen LogP contribution in [0.5, 0.6) is 0 Å². The number of hydrogen-bond donors (Lipinski definition) is 2. The first-order valence-corrected chi connectivity index (χ1v) is 3.26. The molecular formula is C6H12N4. The molecule has 0 atom stereocenters. The third kappa shape index (κ3) is 1.73. The lowest BCUT2D eigenvalue weighted by Gasteiger charge is -1.96. The second-order valence-electron chi connectivity index (χ2n) is 2.09. The summed E-state index contributed by atoms with van der Waals surface area (Å²) in [5, 5.41) is 7.16. The molecule has 1 heterocycles. The van der Waals surface area contributed by atoms with E-state index < -0.39 is 0 Å². The SMILES string of the molecule is Cn1ccc(NCCN)n1. The van der Waals surface area contributed by atoms with Crippen LogP contribution in [0.2, 0.25) is 0 Å². The minimum atomic E-state index is 0.635. The highest BCUT2D eigenvalue weighted by Crippen LogP contribution is 1.98. The quantitative estimate of drug-likeness (QED) is 0.611. The van der Waals surface area contributed by atoms with Gasteiger partial charge in [-0.25, -0.2) is 0 Å². The highest BCUT2D eigenvalue weighted by atomic mass is 15.3. The Morgan fingerprint density at radius 1 is 1.80 bits per heavy atom. The summed E-state index contributed by atoms with van der Waals surface area (Å²) in [4.78, 5) is 0. The van der Waals surface area contributed by atoms with Crippen LogP contribution in [-0.2, 0) is 7.05 Å². The Bertz CT molecular complexity index is 193. The Balaban J connectivity index is 2.42. The van der Waals surface area contributed by atoms with Crippen LogP contribution < -0.4 is 11.1 Å². The first kappa shape index (κ1) is 7.08. The van der Waals surface area contributed by atoms with E-state index in [1.165, 1.54) is 0 Å². The predicted octanol–water partition coefficient (Wildman–Crippen LogP) is -0.209. The summed E-state index contributed by atoms with van der Waals surface area (Å²) in [6.07, 6.45) is 1.89. The molecular weight excluding hydrogens is 128 g/mol. The second kappa shape index (κ2) is 3.22. The topological polar surface area (TPSA) is 55.9 Å². The Kier molecular flexibility index (Phi) is 2.28. The Labute approximate surface area is 60.0 Å². The molecule has 0 unspecified atom stereocenters. The van der Waals surface area contributed by atoms with Crippen molar-refractivity contribution in [1.82, 2.24) is 9.78 Å². The maximum atomic E-state index is 5.29. The lowest BCUT2D eigenvalue weighted by Crippen LogP contribution is -2.13. The highest BCUT2D eigenvalue weighted by molar-refractivity contribution is 5.31. The van der Waals surface area contributed by atoms with E-state index in [-0.39, 0.29) is 0 Å². The van der Waals surface area contributed by atoms with Crippen molar-refractivity contribution in [3.8, 4) is 0 Å². The molecule has 1 aromatic heterocycles. The second-order valence-corrected chi connectivity index (χ2v) is 2.09. The molecule has 0 amide bonds. The van der Waals surface area contributed by atoms with Crippen molar-refractivity contribution in [2.45, 2.75) is 0 Å². The summed E-state index contributed by atoms with van der Waals surface area (Å²) in [5.74, 6) is 0.882. The molecule has 56 valence electrons. The van der Waals surface area contributed by atoms with E-state index in [0.29, 0.717) is 6.54 Å². The van der Waals surface area contributed by atoms with E-state index in [2.05, 4.69) is 10.4 Å². The summed E-state index contributed by atoms with van der Waals surface area (Å²) < 4.78 is 1.75. The molecule has 4 heteroatoms. The number of nitrogens with one attached hydrogen (secondary N) is 1. The average molecular weight is 140 g/mol. The van der Waals surface area contributed by atoms with Crippen molar-refractivity contribution >= 4 is 5.82 Å². The number of aromatic nitrogens is 2. The fraction of sp³-hybridized carbons (Fsp3) is 0.500. The molecule has 0 saturated heterocycles. The van der Waals surface area contributed by atoms with Crippen LogP contribution in [-0.4, -0.2) is 22.9 Å². The van der Waals surface area contributed by atoms with Crippen molar-refractivity contribution in [3.05, 3.63) is 12.3 Å². The molecule has 4 nitrogen and oxygen atoms in total. The van der Waals surface area contributed by atoms with Crippen LogP contribution in [0.3, 0.4) is 0 Å². The number of hydrogen-bond acceptors (Lipinski definition) is 3. The molecule has 0 aromatic carbocycles. The number of nitrogens with two attached hydrogens (primary N) is 1. The standard InChI is InChI=1S/C6H12N4/c1-10-5-2-6(9-10)8-4-3-7/h2,5H,3-4,7H2,1H3,(H,8,9). The van der Waals surface area contributed by atoms with E-state index in [4.69, 9.17) is 5.73 Å². The Morgan fingerprint density at radius 2 is 2.60 bits per heavy atom. The summed E-state index contributed by atoms with van der Waals surface area (Å²) in [6.45, 7) is 1.41. The largest absolute Gasteiger partial charge is 0.367 e. The first-order chi connectivity index (χ1) is 4.83. The van der Waals surface area contributed by atoms with Gasteiger partial charge in [0.05, 0.1) is 0 Å². The monoisotopic (exact) mass is 140 g/mol. The van der Waals surface area contributed by atoms with Crippen molar-refractivity contribution < 1.29 is 0 Å². The molecule has 0 aliphatic carbocycles. The van der Waals surface area contributed by atoms with E-state index in [1.54, 1.807) is 4.68 Å². The number of anilines is 1. The van der Waals surface area contributed by atoms with Gasteiger partial charge in [-0.1, -0.05) is 0 Å². The minimum Gasteiger partial charge on any atom is -0.367 e. The Morgan fingerprint density at radius 3 is 3.10 bits per heavy atom. The maximum absolute atomic E-state index is 5.29. The van der Waals surface area contributed by atoms with Gasteiger partial charge in [0.1, 0.15) is 5.82 Å². The van der Waals surface area contributed by atoms with Gasteiger partial charge < -0.3 is 11.1 Å². The van der Waals surface area contributed by atoms with E-state index in [1.807, 2.05) is 19.3 Å². The summed E-state index contributed by atoms with van der Waals surface area (Å²) in [6, 6.07) is 1.91. The molecule has 0 aliphatic heterocycles. The van der Waals surface area contributed by atoms with Gasteiger partial charge >= 0.3 is 0 Å². The van der Waals surface area contributed by atoms with E-state index in [9.17, 15) is 0 Å². The van der Waals surface area contributed by atoms with Crippen molar-refractivity contribution in [2.75, 3.05) is 18.4 Å². The van der Waals surface area contributed by atoms with Gasteiger partial charge in [0.2, 0.25) is 0 Å². The van der Waals surface area contributed by atoms with Gasteiger partial charge in [-0.2, -0.15) is 5.10 Å². The minimum absolute atomic E-state index is 0.635. The van der Waals surface area contributed by atoms with Gasteiger partial charge in [-0.05, 0) is 0 Å². The van der Waals surface area contributed by atoms with Crippen LogP contribution in [0.15, 0.2) is 12.3 Å². The maximum Gasteiger partial charge on any atom is 0.148 e. The molecule has 1 aromatic rings. The predicted molar refractivity (Wildman–Crippen MR) is 40.8 cm³/mol. The molecule has 3 N–H and O–H groups in total. The first-order valence-electron chi connectivity index (χ1n) is 3.26. The van der Waals surface area contributed by atoms with Gasteiger partial charge in [-0.15, -0.1) is 0 Å². The van der Waals surface area contributed by atoms with Crippen molar-refractivity contribution in [1.29, 1.82) is 0 Å². The zero-order chi connectivity index (χ0) is 7.40. The summed E-state index contributed by atoms with van der Waals surface area (Å²) in [5.41, 5.74) is 5.29. The normalized spacial score (nSPS) is 9.80. The molecule has 0 bridgehead atoms. The third-order valence-electron chi connectivity index (χ3n) is 1.16. The molecule has 0 aliphatic rings. The number of aryl methyl sites for hydroxylation is 1. The van der Waals surface area contributed by atoms with Crippen molar-refractivity contribution in [3.63, 3.8) is 0 Å². The van der Waals surface area contributed by atoms with E-state index in [0.717, 1.165) is 12.4 Å². The molecule has 0 fully saturated rings. The Hall–Kier alpha value is -1.03. The molecule has 1 rings (SSSR count). The highest BCUT2D eigenvalue weighted by Gasteiger charge is 1.91.